The second kappa shape index (κ2) is 14.3. The molecular weight excluding hydrogens is 272 g/mol. The van der Waals surface area contributed by atoms with Gasteiger partial charge in [0.25, 0.3) is 0 Å². The highest BCUT2D eigenvalue weighted by Crippen LogP contribution is 2.14. The van der Waals surface area contributed by atoms with E-state index in [9.17, 15) is 15.0 Å². The van der Waals surface area contributed by atoms with Crippen molar-refractivity contribution in [2.75, 3.05) is 6.61 Å². The van der Waals surface area contributed by atoms with Gasteiger partial charge in [0.15, 0.2) is 0 Å². The summed E-state index contributed by atoms with van der Waals surface area (Å²) in [6.07, 6.45) is 8.25. The normalized spacial score (nSPS) is 14.0. The van der Waals surface area contributed by atoms with Crippen LogP contribution in [0.15, 0.2) is 0 Å². The zero-order valence-corrected chi connectivity index (χ0v) is 13.0. The van der Waals surface area contributed by atoms with E-state index < -0.39 is 18.2 Å². The molecule has 2 atom stereocenters. The molecule has 0 radical (unpaired) electrons. The second-order valence-electron chi connectivity index (χ2n) is 5.76. The van der Waals surface area contributed by atoms with Crippen molar-refractivity contribution < 1.29 is 25.2 Å². The fourth-order valence-electron chi connectivity index (χ4n) is 2.36. The number of carbonyl (C=O) groups is 1. The van der Waals surface area contributed by atoms with Gasteiger partial charge in [0.2, 0.25) is 0 Å². The smallest absolute Gasteiger partial charge is 0.303 e. The van der Waals surface area contributed by atoms with Gasteiger partial charge in [0, 0.05) is 13.0 Å². The maximum atomic E-state index is 10.3. The number of aliphatic hydroxyl groups excluding tert-OH is 3. The molecule has 0 aliphatic carbocycles. The third kappa shape index (κ3) is 14.1. The molecule has 0 unspecified atom stereocenters. The molecule has 4 N–H and O–H groups in total. The Morgan fingerprint density at radius 3 is 1.62 bits per heavy atom. The van der Waals surface area contributed by atoms with E-state index in [0.717, 1.165) is 51.4 Å². The topological polar surface area (TPSA) is 98.0 Å². The fraction of sp³-hybridized carbons (Fsp3) is 0.938. The molecule has 21 heavy (non-hydrogen) atoms. The van der Waals surface area contributed by atoms with Crippen LogP contribution < -0.4 is 0 Å². The standard InChI is InChI=1S/C16H32O5/c17-13-9-4-2-1-3-6-10-14(18)15(19)11-7-5-8-12-16(20)21/h14-15,17-19H,1-13H2,(H,20,21)/t14-,15-/m1/s1. The van der Waals surface area contributed by atoms with Gasteiger partial charge in [-0.1, -0.05) is 44.9 Å². The van der Waals surface area contributed by atoms with Crippen molar-refractivity contribution in [1.29, 1.82) is 0 Å². The summed E-state index contributed by atoms with van der Waals surface area (Å²) in [6, 6.07) is 0. The molecule has 0 aromatic rings. The van der Waals surface area contributed by atoms with Gasteiger partial charge in [0.1, 0.15) is 0 Å². The van der Waals surface area contributed by atoms with Crippen molar-refractivity contribution in [3.05, 3.63) is 0 Å². The highest BCUT2D eigenvalue weighted by Gasteiger charge is 2.15. The van der Waals surface area contributed by atoms with E-state index in [1.54, 1.807) is 0 Å². The third-order valence-corrected chi connectivity index (χ3v) is 3.74. The number of rotatable bonds is 15. The van der Waals surface area contributed by atoms with Gasteiger partial charge in [-0.2, -0.15) is 0 Å². The quantitative estimate of drug-likeness (QED) is 0.348. The lowest BCUT2D eigenvalue weighted by atomic mass is 10.00. The molecule has 5 heteroatoms. The summed E-state index contributed by atoms with van der Waals surface area (Å²) in [7, 11) is 0. The van der Waals surface area contributed by atoms with Gasteiger partial charge in [-0.3, -0.25) is 4.79 Å². The van der Waals surface area contributed by atoms with E-state index in [0.29, 0.717) is 19.3 Å². The highest BCUT2D eigenvalue weighted by atomic mass is 16.4. The van der Waals surface area contributed by atoms with Crippen LogP contribution in [0.3, 0.4) is 0 Å². The van der Waals surface area contributed by atoms with E-state index in [1.807, 2.05) is 0 Å². The lowest BCUT2D eigenvalue weighted by Gasteiger charge is -2.17. The number of unbranched alkanes of at least 4 members (excludes halogenated alkanes) is 7. The molecule has 5 nitrogen and oxygen atoms in total. The summed E-state index contributed by atoms with van der Waals surface area (Å²) in [5.74, 6) is -0.783. The third-order valence-electron chi connectivity index (χ3n) is 3.74. The number of aliphatic carboxylic acids is 1. The molecule has 0 aliphatic heterocycles. The van der Waals surface area contributed by atoms with Crippen LogP contribution in [0.4, 0.5) is 0 Å². The molecule has 0 saturated carbocycles. The minimum Gasteiger partial charge on any atom is -0.481 e. The first-order valence-electron chi connectivity index (χ1n) is 8.26. The van der Waals surface area contributed by atoms with E-state index in [-0.39, 0.29) is 13.0 Å². The minimum absolute atomic E-state index is 0.176. The van der Waals surface area contributed by atoms with E-state index >= 15 is 0 Å². The average molecular weight is 304 g/mol. The number of aliphatic hydroxyl groups is 3. The first-order valence-corrected chi connectivity index (χ1v) is 8.26. The molecule has 0 rings (SSSR count). The molecular formula is C16H32O5. The minimum atomic E-state index is -0.783. The molecule has 0 fully saturated rings. The summed E-state index contributed by atoms with van der Waals surface area (Å²) in [4.78, 5) is 10.3. The summed E-state index contributed by atoms with van der Waals surface area (Å²) in [5.41, 5.74) is 0. The lowest BCUT2D eigenvalue weighted by molar-refractivity contribution is -0.137. The Morgan fingerprint density at radius 1 is 0.714 bits per heavy atom. The van der Waals surface area contributed by atoms with Crippen molar-refractivity contribution in [3.63, 3.8) is 0 Å². The monoisotopic (exact) mass is 304 g/mol. The number of hydrogen-bond donors (Lipinski definition) is 4. The molecule has 0 aromatic heterocycles. The second-order valence-corrected chi connectivity index (χ2v) is 5.76. The van der Waals surface area contributed by atoms with Crippen molar-refractivity contribution in [2.45, 2.75) is 89.3 Å². The number of carboxylic acids is 1. The van der Waals surface area contributed by atoms with Gasteiger partial charge < -0.3 is 20.4 Å². The first-order chi connectivity index (χ1) is 10.1. The Morgan fingerprint density at radius 2 is 1.14 bits per heavy atom. The SMILES string of the molecule is O=C(O)CCCCC[C@@H](O)[C@H](O)CCCCCCCCO. The van der Waals surface area contributed by atoms with Crippen molar-refractivity contribution >= 4 is 5.97 Å². The summed E-state index contributed by atoms with van der Waals surface area (Å²) in [5, 5.41) is 36.8. The average Bonchev–Trinajstić information content (AvgIpc) is 2.45. The molecule has 126 valence electrons. The van der Waals surface area contributed by atoms with Gasteiger partial charge in [-0.25, -0.2) is 0 Å². The van der Waals surface area contributed by atoms with Gasteiger partial charge >= 0.3 is 5.97 Å². The van der Waals surface area contributed by atoms with Crippen molar-refractivity contribution in [1.82, 2.24) is 0 Å². The van der Waals surface area contributed by atoms with Crippen LogP contribution in [0.1, 0.15) is 77.0 Å². The summed E-state index contributed by atoms with van der Waals surface area (Å²) in [6.45, 7) is 0.261. The zero-order valence-electron chi connectivity index (χ0n) is 13.0. The van der Waals surface area contributed by atoms with Crippen molar-refractivity contribution in [2.24, 2.45) is 0 Å². The Kier molecular flexibility index (Phi) is 13.9. The summed E-state index contributed by atoms with van der Waals surface area (Å²) < 4.78 is 0. The molecule has 0 saturated heterocycles. The van der Waals surface area contributed by atoms with Crippen LogP contribution in [-0.4, -0.2) is 45.2 Å². The Labute approximate surface area is 128 Å². The Balaban J connectivity index is 3.40. The van der Waals surface area contributed by atoms with Gasteiger partial charge in [-0.15, -0.1) is 0 Å². The fourth-order valence-corrected chi connectivity index (χ4v) is 2.36. The van der Waals surface area contributed by atoms with Crippen LogP contribution in [0.2, 0.25) is 0 Å². The predicted octanol–water partition coefficient (Wildman–Crippen LogP) is 2.47. The maximum absolute atomic E-state index is 10.3. The molecule has 0 spiro atoms. The van der Waals surface area contributed by atoms with E-state index in [2.05, 4.69) is 0 Å². The van der Waals surface area contributed by atoms with Crippen LogP contribution >= 0.6 is 0 Å². The van der Waals surface area contributed by atoms with Crippen LogP contribution in [0.25, 0.3) is 0 Å². The molecule has 0 aromatic carbocycles. The van der Waals surface area contributed by atoms with E-state index in [1.165, 1.54) is 0 Å². The van der Waals surface area contributed by atoms with Crippen LogP contribution in [0.5, 0.6) is 0 Å². The molecule has 0 amide bonds. The van der Waals surface area contributed by atoms with E-state index in [4.69, 9.17) is 10.2 Å². The lowest BCUT2D eigenvalue weighted by Crippen LogP contribution is -2.25. The van der Waals surface area contributed by atoms with Gasteiger partial charge in [-0.05, 0) is 25.7 Å². The number of hydrogen-bond acceptors (Lipinski definition) is 4. The maximum Gasteiger partial charge on any atom is 0.303 e. The van der Waals surface area contributed by atoms with Crippen LogP contribution in [-0.2, 0) is 4.79 Å². The first kappa shape index (κ1) is 20.3. The Bertz CT molecular complexity index is 245. The number of carboxylic acid groups (broad SMARTS) is 1. The van der Waals surface area contributed by atoms with Crippen molar-refractivity contribution in [3.8, 4) is 0 Å². The predicted molar refractivity (Wildman–Crippen MR) is 82.1 cm³/mol. The largest absolute Gasteiger partial charge is 0.481 e. The Hall–Kier alpha value is -0.650. The summed E-state index contributed by atoms with van der Waals surface area (Å²) >= 11 is 0. The molecule has 0 aliphatic rings. The highest BCUT2D eigenvalue weighted by molar-refractivity contribution is 5.66. The van der Waals surface area contributed by atoms with Gasteiger partial charge in [0.05, 0.1) is 12.2 Å². The molecule has 0 heterocycles. The zero-order chi connectivity index (χ0) is 15.9. The van der Waals surface area contributed by atoms with Crippen LogP contribution in [0, 0.1) is 0 Å². The molecule has 0 bridgehead atoms.